The molecule has 11 heteroatoms. The molecule has 0 aliphatic carbocycles. The lowest BCUT2D eigenvalue weighted by Gasteiger charge is -2.07. The van der Waals surface area contributed by atoms with Crippen LogP contribution in [-0.4, -0.2) is 33.5 Å². The molecule has 0 spiro atoms. The maximum absolute atomic E-state index is 12.7. The van der Waals surface area contributed by atoms with Crippen LogP contribution in [0, 0.1) is 10.1 Å². The molecule has 0 bridgehead atoms. The molecule has 0 fully saturated rings. The summed E-state index contributed by atoms with van der Waals surface area (Å²) in [7, 11) is -4.44. The van der Waals surface area contributed by atoms with Gasteiger partial charge in [0.05, 0.1) is 15.2 Å². The first-order valence-electron chi connectivity index (χ1n) is 7.12. The Morgan fingerprint density at radius 1 is 1.19 bits per heavy atom. The van der Waals surface area contributed by atoms with Gasteiger partial charge in [-0.1, -0.05) is 16.2 Å². The van der Waals surface area contributed by atoms with Gasteiger partial charge in [-0.2, -0.15) is 8.42 Å². The van der Waals surface area contributed by atoms with Crippen LogP contribution in [0.15, 0.2) is 52.2 Å². The quantitative estimate of drug-likeness (QED) is 0.376. The third-order valence-electron chi connectivity index (χ3n) is 3.59. The van der Waals surface area contributed by atoms with Crippen molar-refractivity contribution in [2.45, 2.75) is 11.8 Å². The van der Waals surface area contributed by atoms with Crippen molar-refractivity contribution in [1.29, 1.82) is 0 Å². The Morgan fingerprint density at radius 2 is 1.92 bits per heavy atom. The van der Waals surface area contributed by atoms with Crippen LogP contribution in [0.3, 0.4) is 0 Å². The lowest BCUT2D eigenvalue weighted by Crippen LogP contribution is -2.31. The van der Waals surface area contributed by atoms with E-state index in [1.807, 2.05) is 0 Å². The monoisotopic (exact) mass is 374 g/mol. The molecule has 1 heterocycles. The highest BCUT2D eigenvalue weighted by Gasteiger charge is 2.23. The Bertz CT molecular complexity index is 1230. The number of aromatic nitrogens is 3. The molecule has 3 rings (SSSR count). The zero-order chi connectivity index (χ0) is 19.1. The van der Waals surface area contributed by atoms with E-state index in [2.05, 4.69) is 10.3 Å². The number of nitro benzene ring substituents is 1. The molecule has 0 saturated carbocycles. The Morgan fingerprint density at radius 3 is 2.58 bits per heavy atom. The third-order valence-corrected chi connectivity index (χ3v) is 5.14. The molecule has 0 radical (unpaired) electrons. The fraction of sp³-hybridized carbons (Fsp3) is 0.0667. The van der Waals surface area contributed by atoms with Gasteiger partial charge in [0.25, 0.3) is 21.3 Å². The number of Topliss-reactive ketones (excluding diaryl/α,β-unsaturated/α-hetero) is 1. The highest BCUT2D eigenvalue weighted by molar-refractivity contribution is 7.89. The summed E-state index contributed by atoms with van der Waals surface area (Å²) >= 11 is 0. The Labute approximate surface area is 145 Å². The van der Waals surface area contributed by atoms with Crippen molar-refractivity contribution in [3.8, 4) is 0 Å². The van der Waals surface area contributed by atoms with E-state index in [0.29, 0.717) is 0 Å². The molecule has 132 valence electrons. The molecule has 0 amide bonds. The standard InChI is InChI=1S/C15H10N4O6S/c1-9(20)10-3-2-4-12(7-10)26(24,25)18-15(21)13-8-11(19(22)23)5-6-14(13)16-17-18/h2-8H,1H3. The van der Waals surface area contributed by atoms with Crippen LogP contribution < -0.4 is 5.56 Å². The number of hydrogen-bond acceptors (Lipinski definition) is 8. The number of carbonyl (C=O) groups excluding carboxylic acids is 1. The molecule has 1 aromatic heterocycles. The van der Waals surface area contributed by atoms with Gasteiger partial charge < -0.3 is 0 Å². The first-order chi connectivity index (χ1) is 12.2. The fourth-order valence-corrected chi connectivity index (χ4v) is 3.44. The largest absolute Gasteiger partial charge is 0.295 e. The minimum atomic E-state index is -4.44. The minimum absolute atomic E-state index is 0.0181. The minimum Gasteiger partial charge on any atom is -0.295 e. The molecule has 0 N–H and O–H groups in total. The zero-order valence-electron chi connectivity index (χ0n) is 13.2. The van der Waals surface area contributed by atoms with Crippen molar-refractivity contribution in [3.05, 3.63) is 68.5 Å². The number of nitro groups is 1. The molecule has 0 unspecified atom stereocenters. The summed E-state index contributed by atoms with van der Waals surface area (Å²) in [6.07, 6.45) is 0. The van der Waals surface area contributed by atoms with Crippen molar-refractivity contribution >= 4 is 32.4 Å². The van der Waals surface area contributed by atoms with Gasteiger partial charge in [-0.15, -0.1) is 5.10 Å². The van der Waals surface area contributed by atoms with E-state index in [1.165, 1.54) is 31.2 Å². The first-order valence-corrected chi connectivity index (χ1v) is 8.56. The topological polar surface area (TPSA) is 142 Å². The van der Waals surface area contributed by atoms with E-state index in [-0.39, 0.29) is 36.9 Å². The van der Waals surface area contributed by atoms with Crippen molar-refractivity contribution in [2.75, 3.05) is 0 Å². The van der Waals surface area contributed by atoms with E-state index in [9.17, 15) is 28.1 Å². The summed E-state index contributed by atoms with van der Waals surface area (Å²) in [4.78, 5) is 33.8. The average molecular weight is 374 g/mol. The summed E-state index contributed by atoms with van der Waals surface area (Å²) in [6, 6.07) is 8.37. The lowest BCUT2D eigenvalue weighted by molar-refractivity contribution is -0.384. The van der Waals surface area contributed by atoms with Crippen LogP contribution in [0.25, 0.3) is 10.9 Å². The molecular formula is C15H10N4O6S. The maximum atomic E-state index is 12.7. The van der Waals surface area contributed by atoms with Crippen LogP contribution in [0.2, 0.25) is 0 Å². The number of rotatable bonds is 4. The lowest BCUT2D eigenvalue weighted by atomic mass is 10.2. The Balaban J connectivity index is 2.25. The van der Waals surface area contributed by atoms with E-state index in [1.54, 1.807) is 0 Å². The first kappa shape index (κ1) is 17.4. The molecule has 0 saturated heterocycles. The molecule has 10 nitrogen and oxygen atoms in total. The summed E-state index contributed by atoms with van der Waals surface area (Å²) in [5.74, 6) is -0.352. The van der Waals surface area contributed by atoms with Crippen molar-refractivity contribution in [1.82, 2.24) is 14.4 Å². The molecular weight excluding hydrogens is 364 g/mol. The van der Waals surface area contributed by atoms with Gasteiger partial charge in [0.15, 0.2) is 5.78 Å². The molecule has 0 aliphatic heterocycles. The molecule has 3 aromatic rings. The van der Waals surface area contributed by atoms with Gasteiger partial charge in [-0.3, -0.25) is 19.7 Å². The predicted molar refractivity (Wildman–Crippen MR) is 89.5 cm³/mol. The second kappa shape index (κ2) is 6.11. The van der Waals surface area contributed by atoms with Crippen LogP contribution >= 0.6 is 0 Å². The van der Waals surface area contributed by atoms with E-state index in [0.717, 1.165) is 18.2 Å². The molecule has 0 atom stereocenters. The molecule has 26 heavy (non-hydrogen) atoms. The number of benzene rings is 2. The number of ketones is 1. The van der Waals surface area contributed by atoms with Crippen molar-refractivity contribution in [2.24, 2.45) is 0 Å². The van der Waals surface area contributed by atoms with Crippen molar-refractivity contribution < 1.29 is 18.1 Å². The van der Waals surface area contributed by atoms with E-state index < -0.39 is 20.5 Å². The second-order valence-corrected chi connectivity index (χ2v) is 7.05. The molecule has 2 aromatic carbocycles. The normalized spacial score (nSPS) is 11.4. The predicted octanol–water partition coefficient (Wildman–Crippen LogP) is 1.14. The summed E-state index contributed by atoms with van der Waals surface area (Å²) in [5.41, 5.74) is -1.30. The molecule has 0 aliphatic rings. The zero-order valence-corrected chi connectivity index (χ0v) is 14.0. The number of nitrogens with zero attached hydrogens (tertiary/aromatic N) is 4. The summed E-state index contributed by atoms with van der Waals surface area (Å²) < 4.78 is 25.6. The van der Waals surface area contributed by atoms with Gasteiger partial charge in [0, 0.05) is 17.7 Å². The van der Waals surface area contributed by atoms with E-state index >= 15 is 0 Å². The third kappa shape index (κ3) is 2.84. The number of carbonyl (C=O) groups is 1. The summed E-state index contributed by atoms with van der Waals surface area (Å²) in [5, 5.41) is 17.7. The van der Waals surface area contributed by atoms with Gasteiger partial charge >= 0.3 is 0 Å². The average Bonchev–Trinajstić information content (AvgIpc) is 2.61. The highest BCUT2D eigenvalue weighted by Crippen LogP contribution is 2.18. The van der Waals surface area contributed by atoms with Crippen molar-refractivity contribution in [3.63, 3.8) is 0 Å². The van der Waals surface area contributed by atoms with Crippen LogP contribution in [-0.2, 0) is 10.0 Å². The van der Waals surface area contributed by atoms with Gasteiger partial charge in [0.1, 0.15) is 5.52 Å². The number of non-ortho nitro benzene ring substituents is 1. The highest BCUT2D eigenvalue weighted by atomic mass is 32.2. The van der Waals surface area contributed by atoms with Gasteiger partial charge in [-0.25, -0.2) is 0 Å². The summed E-state index contributed by atoms with van der Waals surface area (Å²) in [6.45, 7) is 1.27. The SMILES string of the molecule is CC(=O)c1cccc(S(=O)(=O)n2nnc3ccc([N+](=O)[O-])cc3c2=O)c1. The maximum Gasteiger partial charge on any atom is 0.292 e. The smallest absolute Gasteiger partial charge is 0.292 e. The Kier molecular flexibility index (Phi) is 4.08. The second-order valence-electron chi connectivity index (χ2n) is 5.29. The number of fused-ring (bicyclic) bond motifs is 1. The number of hydrogen-bond donors (Lipinski definition) is 0. The van der Waals surface area contributed by atoms with Gasteiger partial charge in [0.2, 0.25) is 0 Å². The fourth-order valence-electron chi connectivity index (χ4n) is 2.26. The van der Waals surface area contributed by atoms with E-state index in [4.69, 9.17) is 0 Å². The van der Waals surface area contributed by atoms with Crippen LogP contribution in [0.5, 0.6) is 0 Å². The van der Waals surface area contributed by atoms with Gasteiger partial charge in [-0.05, 0) is 30.3 Å². The Hall–Kier alpha value is -3.47. The van der Waals surface area contributed by atoms with Crippen LogP contribution in [0.1, 0.15) is 17.3 Å². The van der Waals surface area contributed by atoms with Crippen LogP contribution in [0.4, 0.5) is 5.69 Å².